The van der Waals surface area contributed by atoms with Crippen LogP contribution in [-0.4, -0.2) is 69.1 Å². The van der Waals surface area contributed by atoms with Crippen molar-refractivity contribution in [1.82, 2.24) is 9.97 Å². The maximum atomic E-state index is 13.4. The van der Waals surface area contributed by atoms with Gasteiger partial charge in [-0.3, -0.25) is 0 Å². The summed E-state index contributed by atoms with van der Waals surface area (Å²) in [5, 5.41) is 0.134. The summed E-state index contributed by atoms with van der Waals surface area (Å²) < 4.78 is 34.9. The smallest absolute Gasteiger partial charge is 0.425 e. The molecule has 0 saturated heterocycles. The second kappa shape index (κ2) is 14.8. The summed E-state index contributed by atoms with van der Waals surface area (Å²) in [4.78, 5) is 36.4. The van der Waals surface area contributed by atoms with Gasteiger partial charge in [0.2, 0.25) is 5.75 Å². The minimum atomic E-state index is -1.85. The lowest BCUT2D eigenvalue weighted by molar-refractivity contribution is 0.0428. The van der Waals surface area contributed by atoms with E-state index in [1.165, 1.54) is 0 Å². The highest BCUT2D eigenvalue weighted by molar-refractivity contribution is 6.74. The number of anilines is 1. The Bertz CT molecular complexity index is 1270. The van der Waals surface area contributed by atoms with Crippen molar-refractivity contribution in [3.05, 3.63) is 35.3 Å². The lowest BCUT2D eigenvalue weighted by Gasteiger charge is -2.36. The van der Waals surface area contributed by atoms with E-state index in [9.17, 15) is 9.59 Å². The fourth-order valence-electron chi connectivity index (χ4n) is 3.84. The third kappa shape index (κ3) is 11.2. The fraction of sp³-hybridized carbons (Fsp3) is 0.636. The van der Waals surface area contributed by atoms with E-state index in [4.69, 9.17) is 28.1 Å². The van der Waals surface area contributed by atoms with Crippen LogP contribution in [0.15, 0.2) is 18.3 Å². The molecule has 45 heavy (non-hydrogen) atoms. The molecule has 0 bridgehead atoms. The number of rotatable bonds is 11. The average Bonchev–Trinajstić information content (AvgIpc) is 2.87. The van der Waals surface area contributed by atoms with E-state index in [0.717, 1.165) is 10.5 Å². The molecule has 0 aliphatic heterocycles. The fourth-order valence-corrected chi connectivity index (χ4v) is 4.93. The number of carbonyl (C=O) groups excluding carboxylic acids is 2. The number of carbonyl (C=O) groups is 2. The lowest BCUT2D eigenvalue weighted by atomic mass is 10.0. The van der Waals surface area contributed by atoms with Crippen molar-refractivity contribution in [2.45, 2.75) is 111 Å². The van der Waals surface area contributed by atoms with Gasteiger partial charge < -0.3 is 28.1 Å². The largest absolute Gasteiger partial charge is 0.493 e. The summed E-state index contributed by atoms with van der Waals surface area (Å²) >= 11 is 0. The molecule has 1 aromatic carbocycles. The zero-order valence-corrected chi connectivity index (χ0v) is 30.7. The number of hydrogen-bond donors (Lipinski definition) is 0. The molecule has 2 amide bonds. The van der Waals surface area contributed by atoms with E-state index in [-0.39, 0.29) is 17.3 Å². The Morgan fingerprint density at radius 3 is 1.80 bits per heavy atom. The van der Waals surface area contributed by atoms with Gasteiger partial charge >= 0.3 is 12.2 Å². The van der Waals surface area contributed by atoms with Crippen molar-refractivity contribution in [2.75, 3.05) is 32.3 Å². The summed E-state index contributed by atoms with van der Waals surface area (Å²) in [6.45, 7) is 24.1. The second-order valence-corrected chi connectivity index (χ2v) is 19.2. The first-order valence-corrected chi connectivity index (χ1v) is 18.1. The van der Waals surface area contributed by atoms with Gasteiger partial charge in [-0.15, -0.1) is 0 Å². The summed E-state index contributed by atoms with van der Waals surface area (Å²) in [6.07, 6.45) is 0.687. The van der Waals surface area contributed by atoms with Gasteiger partial charge in [0, 0.05) is 31.2 Å². The van der Waals surface area contributed by atoms with Gasteiger partial charge in [-0.2, -0.15) is 4.90 Å². The van der Waals surface area contributed by atoms with Crippen molar-refractivity contribution in [3.63, 3.8) is 0 Å². The molecule has 1 aromatic heterocycles. The van der Waals surface area contributed by atoms with Crippen LogP contribution >= 0.6 is 0 Å². The van der Waals surface area contributed by atoms with E-state index in [0.29, 0.717) is 48.3 Å². The molecule has 2 rings (SSSR count). The van der Waals surface area contributed by atoms with E-state index in [2.05, 4.69) is 43.8 Å². The third-order valence-electron chi connectivity index (χ3n) is 7.05. The normalized spacial score (nSPS) is 12.4. The molecule has 252 valence electrons. The van der Waals surface area contributed by atoms with E-state index >= 15 is 0 Å². The molecule has 0 unspecified atom stereocenters. The van der Waals surface area contributed by atoms with Gasteiger partial charge in [-0.25, -0.2) is 19.6 Å². The highest BCUT2D eigenvalue weighted by atomic mass is 28.4. The van der Waals surface area contributed by atoms with Crippen LogP contribution in [0.5, 0.6) is 17.2 Å². The van der Waals surface area contributed by atoms with Gasteiger partial charge in [0.25, 0.3) is 0 Å². The van der Waals surface area contributed by atoms with E-state index in [1.807, 2.05) is 12.1 Å². The molecule has 0 spiro atoms. The minimum absolute atomic E-state index is 0.0611. The molecule has 12 heteroatoms. The third-order valence-corrected chi connectivity index (χ3v) is 11.6. The number of nitrogens with zero attached hydrogens (tertiary/aromatic N) is 3. The first kappa shape index (κ1) is 37.8. The van der Waals surface area contributed by atoms with Gasteiger partial charge in [-0.05, 0) is 84.3 Å². The van der Waals surface area contributed by atoms with Crippen LogP contribution < -0.4 is 19.1 Å². The van der Waals surface area contributed by atoms with Crippen LogP contribution in [0.1, 0.15) is 85.7 Å². The molecular formula is C33H53N3O8Si. The number of methoxy groups -OCH3 is 2. The Balaban J connectivity index is 2.41. The first-order chi connectivity index (χ1) is 20.6. The number of hydrogen-bond acceptors (Lipinski definition) is 10. The number of imide groups is 1. The predicted octanol–water partition coefficient (Wildman–Crippen LogP) is 7.86. The Labute approximate surface area is 270 Å². The van der Waals surface area contributed by atoms with Gasteiger partial charge in [0.05, 0.1) is 20.8 Å². The standard InChI is InChI=1S/C33H53N3O8Si/c1-22-34-21-24(28(35-22)36(29(37)43-31(2,3)4)30(38)44-32(5,6)7)18-23-19-25(39-11)27(26(20-23)40-12)41-16-15-17-42-45(13,14)33(8,9)10/h19-21H,15-18H2,1-14H3. The van der Waals surface area contributed by atoms with Crippen LogP contribution in [0.25, 0.3) is 0 Å². The Hall–Kier alpha value is -3.38. The zero-order valence-electron chi connectivity index (χ0n) is 29.7. The number of aryl methyl sites for hydroxylation is 1. The quantitative estimate of drug-likeness (QED) is 0.176. The Kier molecular flexibility index (Phi) is 12.4. The molecule has 0 N–H and O–H groups in total. The van der Waals surface area contributed by atoms with Crippen molar-refractivity contribution < 1.29 is 37.7 Å². The number of aromatic nitrogens is 2. The first-order valence-electron chi connectivity index (χ1n) is 15.2. The SMILES string of the molecule is COc1cc(Cc2cnc(C)nc2N(C(=O)OC(C)(C)C)C(=O)OC(C)(C)C)cc(OC)c1OCCCO[Si](C)(C)C(C)(C)C. The maximum Gasteiger partial charge on any atom is 0.425 e. The van der Waals surface area contributed by atoms with Crippen LogP contribution in [0, 0.1) is 6.92 Å². The Morgan fingerprint density at radius 1 is 0.844 bits per heavy atom. The summed E-state index contributed by atoms with van der Waals surface area (Å²) in [7, 11) is 1.26. The van der Waals surface area contributed by atoms with Crippen LogP contribution in [0.3, 0.4) is 0 Å². The summed E-state index contributed by atoms with van der Waals surface area (Å²) in [6, 6.07) is 3.64. The number of amides is 2. The molecule has 0 fully saturated rings. The molecule has 11 nitrogen and oxygen atoms in total. The monoisotopic (exact) mass is 647 g/mol. The van der Waals surface area contributed by atoms with Gasteiger partial charge in [-0.1, -0.05) is 20.8 Å². The van der Waals surface area contributed by atoms with Crippen molar-refractivity contribution >= 4 is 26.3 Å². The second-order valence-electron chi connectivity index (χ2n) is 14.4. The number of ether oxygens (including phenoxy) is 5. The molecule has 0 aliphatic carbocycles. The maximum absolute atomic E-state index is 13.4. The van der Waals surface area contributed by atoms with Crippen molar-refractivity contribution in [1.29, 1.82) is 0 Å². The highest BCUT2D eigenvalue weighted by Gasteiger charge is 2.37. The topological polar surface area (TPSA) is 119 Å². The van der Waals surface area contributed by atoms with E-state index in [1.54, 1.807) is 68.9 Å². The molecular weight excluding hydrogens is 594 g/mol. The lowest BCUT2D eigenvalue weighted by Crippen LogP contribution is -2.44. The molecule has 0 atom stereocenters. The van der Waals surface area contributed by atoms with Crippen molar-refractivity contribution in [3.8, 4) is 17.2 Å². The predicted molar refractivity (Wildman–Crippen MR) is 177 cm³/mol. The van der Waals surface area contributed by atoms with Gasteiger partial charge in [0.1, 0.15) is 17.0 Å². The Morgan fingerprint density at radius 2 is 1.36 bits per heavy atom. The van der Waals surface area contributed by atoms with Crippen LogP contribution in [-0.2, 0) is 20.3 Å². The van der Waals surface area contributed by atoms with E-state index < -0.39 is 31.7 Å². The summed E-state index contributed by atoms with van der Waals surface area (Å²) in [5.74, 6) is 1.84. The molecule has 0 radical (unpaired) electrons. The summed E-state index contributed by atoms with van der Waals surface area (Å²) in [5.41, 5.74) is -0.503. The highest BCUT2D eigenvalue weighted by Crippen LogP contribution is 2.40. The zero-order chi connectivity index (χ0) is 34.4. The van der Waals surface area contributed by atoms with Crippen LogP contribution in [0.4, 0.5) is 15.4 Å². The minimum Gasteiger partial charge on any atom is -0.493 e. The van der Waals surface area contributed by atoms with Crippen molar-refractivity contribution in [2.24, 2.45) is 0 Å². The number of benzene rings is 1. The molecule has 1 heterocycles. The average molecular weight is 648 g/mol. The molecule has 0 saturated carbocycles. The van der Waals surface area contributed by atoms with Crippen LogP contribution in [0.2, 0.25) is 18.1 Å². The molecule has 2 aromatic rings. The van der Waals surface area contributed by atoms with Gasteiger partial charge in [0.15, 0.2) is 25.6 Å². The molecule has 0 aliphatic rings.